The van der Waals surface area contributed by atoms with E-state index in [2.05, 4.69) is 4.98 Å². The van der Waals surface area contributed by atoms with E-state index in [4.69, 9.17) is 11.0 Å². The molecule has 1 heterocycles. The number of nitrogens with two attached hydrogens (primary N) is 1. The average molecular weight is 147 g/mol. The Kier molecular flexibility index (Phi) is 2.19. The minimum Gasteiger partial charge on any atom is -0.312 e. The largest absolute Gasteiger partial charge is 0.312 e. The Labute approximate surface area is 65.5 Å². The van der Waals surface area contributed by atoms with Crippen molar-refractivity contribution in [3.8, 4) is 6.07 Å². The summed E-state index contributed by atoms with van der Waals surface area (Å²) in [6.45, 7) is 1.91. The maximum absolute atomic E-state index is 8.51. The highest BCUT2D eigenvalue weighted by Crippen LogP contribution is 2.11. The molecular weight excluding hydrogens is 138 g/mol. The molecule has 0 aromatic carbocycles. The molecule has 56 valence electrons. The quantitative estimate of drug-likeness (QED) is 0.642. The van der Waals surface area contributed by atoms with Crippen LogP contribution in [0, 0.1) is 18.3 Å². The second kappa shape index (κ2) is 3.13. The van der Waals surface area contributed by atoms with Gasteiger partial charge in [0, 0.05) is 18.0 Å². The molecule has 0 spiro atoms. The lowest BCUT2D eigenvalue weighted by Crippen LogP contribution is -2.09. The zero-order valence-corrected chi connectivity index (χ0v) is 6.28. The van der Waals surface area contributed by atoms with Gasteiger partial charge < -0.3 is 5.73 Å². The number of hydrogen-bond donors (Lipinski definition) is 1. The SMILES string of the molecule is Cc1ccncc1C(N)C#N. The minimum atomic E-state index is -0.552. The molecule has 0 saturated heterocycles. The second-order valence-electron chi connectivity index (χ2n) is 2.34. The van der Waals surface area contributed by atoms with E-state index in [9.17, 15) is 0 Å². The van der Waals surface area contributed by atoms with Crippen LogP contribution in [0.5, 0.6) is 0 Å². The zero-order chi connectivity index (χ0) is 8.27. The monoisotopic (exact) mass is 147 g/mol. The van der Waals surface area contributed by atoms with E-state index in [1.165, 1.54) is 0 Å². The van der Waals surface area contributed by atoms with Crippen LogP contribution in [0.1, 0.15) is 17.2 Å². The van der Waals surface area contributed by atoms with E-state index in [1.54, 1.807) is 12.4 Å². The van der Waals surface area contributed by atoms with Gasteiger partial charge in [-0.15, -0.1) is 0 Å². The van der Waals surface area contributed by atoms with E-state index < -0.39 is 6.04 Å². The highest BCUT2D eigenvalue weighted by molar-refractivity contribution is 5.28. The Bertz CT molecular complexity index is 288. The van der Waals surface area contributed by atoms with E-state index in [0.717, 1.165) is 11.1 Å². The Balaban J connectivity index is 3.05. The van der Waals surface area contributed by atoms with Gasteiger partial charge in [0.15, 0.2) is 0 Å². The zero-order valence-electron chi connectivity index (χ0n) is 6.28. The van der Waals surface area contributed by atoms with Crippen molar-refractivity contribution in [1.29, 1.82) is 5.26 Å². The number of nitrogens with zero attached hydrogens (tertiary/aromatic N) is 2. The molecule has 0 amide bonds. The molecule has 11 heavy (non-hydrogen) atoms. The van der Waals surface area contributed by atoms with Crippen molar-refractivity contribution in [3.05, 3.63) is 29.6 Å². The summed E-state index contributed by atoms with van der Waals surface area (Å²) < 4.78 is 0. The lowest BCUT2D eigenvalue weighted by atomic mass is 10.1. The smallest absolute Gasteiger partial charge is 0.120 e. The molecule has 2 N–H and O–H groups in total. The summed E-state index contributed by atoms with van der Waals surface area (Å²) in [6.07, 6.45) is 3.31. The van der Waals surface area contributed by atoms with Gasteiger partial charge in [0.2, 0.25) is 0 Å². The molecule has 0 saturated carbocycles. The number of aromatic nitrogens is 1. The third-order valence-corrected chi connectivity index (χ3v) is 1.55. The van der Waals surface area contributed by atoms with Gasteiger partial charge in [0.05, 0.1) is 6.07 Å². The van der Waals surface area contributed by atoms with Crippen LogP contribution < -0.4 is 5.73 Å². The van der Waals surface area contributed by atoms with Crippen molar-refractivity contribution in [2.45, 2.75) is 13.0 Å². The highest BCUT2D eigenvalue weighted by Gasteiger charge is 2.05. The summed E-state index contributed by atoms with van der Waals surface area (Å²) in [5.41, 5.74) is 7.30. The third kappa shape index (κ3) is 1.54. The first kappa shape index (κ1) is 7.70. The molecular formula is C8H9N3. The molecule has 3 heteroatoms. The van der Waals surface area contributed by atoms with Gasteiger partial charge in [-0.25, -0.2) is 0 Å². The summed E-state index contributed by atoms with van der Waals surface area (Å²) in [6, 6.07) is 3.25. The van der Waals surface area contributed by atoms with Crippen LogP contribution in [0.2, 0.25) is 0 Å². The Hall–Kier alpha value is -1.40. The second-order valence-corrected chi connectivity index (χ2v) is 2.34. The van der Waals surface area contributed by atoms with Gasteiger partial charge in [-0.3, -0.25) is 4.98 Å². The molecule has 0 radical (unpaired) electrons. The molecule has 0 aliphatic heterocycles. The van der Waals surface area contributed by atoms with E-state index in [0.29, 0.717) is 0 Å². The first-order chi connectivity index (χ1) is 5.25. The summed E-state index contributed by atoms with van der Waals surface area (Å²) in [5, 5.41) is 8.51. The number of nitriles is 1. The van der Waals surface area contributed by atoms with Gasteiger partial charge in [-0.1, -0.05) is 0 Å². The lowest BCUT2D eigenvalue weighted by Gasteiger charge is -2.04. The van der Waals surface area contributed by atoms with Gasteiger partial charge >= 0.3 is 0 Å². The number of pyridine rings is 1. The minimum absolute atomic E-state index is 0.552. The van der Waals surface area contributed by atoms with Crippen LogP contribution in [0.15, 0.2) is 18.5 Å². The Morgan fingerprint density at radius 3 is 3.00 bits per heavy atom. The third-order valence-electron chi connectivity index (χ3n) is 1.55. The maximum atomic E-state index is 8.51. The fraction of sp³-hybridized carbons (Fsp3) is 0.250. The topological polar surface area (TPSA) is 62.7 Å². The molecule has 0 bridgehead atoms. The summed E-state index contributed by atoms with van der Waals surface area (Å²) in [4.78, 5) is 3.88. The molecule has 1 unspecified atom stereocenters. The summed E-state index contributed by atoms with van der Waals surface area (Å²) >= 11 is 0. The normalized spacial score (nSPS) is 12.1. The fourth-order valence-electron chi connectivity index (χ4n) is 0.871. The van der Waals surface area contributed by atoms with Crippen LogP contribution in [-0.4, -0.2) is 4.98 Å². The molecule has 0 aliphatic rings. The Morgan fingerprint density at radius 2 is 2.45 bits per heavy atom. The van der Waals surface area contributed by atoms with Crippen LogP contribution in [0.4, 0.5) is 0 Å². The van der Waals surface area contributed by atoms with Gasteiger partial charge in [0.1, 0.15) is 6.04 Å². The predicted molar refractivity (Wildman–Crippen MR) is 41.5 cm³/mol. The van der Waals surface area contributed by atoms with E-state index >= 15 is 0 Å². The Morgan fingerprint density at radius 1 is 1.73 bits per heavy atom. The molecule has 1 aromatic rings. The van der Waals surface area contributed by atoms with Crippen molar-refractivity contribution in [2.75, 3.05) is 0 Å². The first-order valence-electron chi connectivity index (χ1n) is 3.31. The molecule has 0 fully saturated rings. The van der Waals surface area contributed by atoms with Gasteiger partial charge in [-0.2, -0.15) is 5.26 Å². The van der Waals surface area contributed by atoms with E-state index in [1.807, 2.05) is 19.1 Å². The molecule has 1 atom stereocenters. The number of rotatable bonds is 1. The molecule has 0 aliphatic carbocycles. The molecule has 1 aromatic heterocycles. The maximum Gasteiger partial charge on any atom is 0.120 e. The highest BCUT2D eigenvalue weighted by atomic mass is 14.7. The van der Waals surface area contributed by atoms with Crippen LogP contribution in [0.3, 0.4) is 0 Å². The number of aryl methyl sites for hydroxylation is 1. The van der Waals surface area contributed by atoms with Crippen molar-refractivity contribution >= 4 is 0 Å². The van der Waals surface area contributed by atoms with Gasteiger partial charge in [-0.05, 0) is 18.6 Å². The summed E-state index contributed by atoms with van der Waals surface area (Å²) in [7, 11) is 0. The first-order valence-corrected chi connectivity index (χ1v) is 3.31. The van der Waals surface area contributed by atoms with Crippen molar-refractivity contribution < 1.29 is 0 Å². The molecule has 1 rings (SSSR count). The van der Waals surface area contributed by atoms with Crippen LogP contribution in [0.25, 0.3) is 0 Å². The lowest BCUT2D eigenvalue weighted by molar-refractivity contribution is 0.902. The summed E-state index contributed by atoms with van der Waals surface area (Å²) in [5.74, 6) is 0. The molecule has 3 nitrogen and oxygen atoms in total. The van der Waals surface area contributed by atoms with Crippen LogP contribution >= 0.6 is 0 Å². The fourth-order valence-corrected chi connectivity index (χ4v) is 0.871. The van der Waals surface area contributed by atoms with Crippen LogP contribution in [-0.2, 0) is 0 Å². The number of hydrogen-bond acceptors (Lipinski definition) is 3. The average Bonchev–Trinajstić information content (AvgIpc) is 2.04. The standard InChI is InChI=1S/C8H9N3/c1-6-2-3-11-5-7(6)8(10)4-9/h2-3,5,8H,10H2,1H3. The predicted octanol–water partition coefficient (Wildman–Crippen LogP) is 0.913. The van der Waals surface area contributed by atoms with Crippen molar-refractivity contribution in [2.24, 2.45) is 5.73 Å². The van der Waals surface area contributed by atoms with Crippen molar-refractivity contribution in [3.63, 3.8) is 0 Å². The van der Waals surface area contributed by atoms with Crippen molar-refractivity contribution in [1.82, 2.24) is 4.98 Å². The van der Waals surface area contributed by atoms with Gasteiger partial charge in [0.25, 0.3) is 0 Å². The van der Waals surface area contributed by atoms with E-state index in [-0.39, 0.29) is 0 Å².